The van der Waals surface area contributed by atoms with E-state index >= 15 is 0 Å². The summed E-state index contributed by atoms with van der Waals surface area (Å²) in [6.07, 6.45) is 0. The monoisotopic (exact) mass is 226 g/mol. The van der Waals surface area contributed by atoms with Crippen LogP contribution < -0.4 is 0 Å². The molecule has 0 spiro atoms. The van der Waals surface area contributed by atoms with Gasteiger partial charge in [-0.3, -0.25) is 0 Å². The van der Waals surface area contributed by atoms with Gasteiger partial charge in [-0.15, -0.1) is 0 Å². The molecule has 0 aliphatic rings. The van der Waals surface area contributed by atoms with Gasteiger partial charge in [0.15, 0.2) is 4.67 Å². The van der Waals surface area contributed by atoms with Crippen molar-refractivity contribution in [1.29, 1.82) is 0 Å². The van der Waals surface area contributed by atoms with Gasteiger partial charge in [-0.1, -0.05) is 18.2 Å². The number of rotatable bonds is 2. The third-order valence-corrected chi connectivity index (χ3v) is 1.37. The van der Waals surface area contributed by atoms with Gasteiger partial charge in [0.05, 0.1) is 5.56 Å². The average Bonchev–Trinajstić information content (AvgIpc) is 2.05. The lowest BCUT2D eigenvalue weighted by molar-refractivity contribution is 0.0655. The minimum absolute atomic E-state index is 0.219. The lowest BCUT2D eigenvalue weighted by Crippen LogP contribution is -2.01. The highest BCUT2D eigenvalue weighted by Crippen LogP contribution is 2.08. The third-order valence-electron chi connectivity index (χ3n) is 1.21. The molecule has 0 heterocycles. The number of benzene rings is 1. The maximum Gasteiger partial charge on any atom is 0.344 e. The number of hydrogen-bond donors (Lipinski definition) is 0. The number of ether oxygens (including phenoxy) is 1. The lowest BCUT2D eigenvalue weighted by Gasteiger charge is -1.99. The average molecular weight is 227 g/mol. The van der Waals surface area contributed by atoms with E-state index in [0.717, 1.165) is 0 Å². The molecular weight excluding hydrogens is 220 g/mol. The molecule has 0 aliphatic heterocycles. The first-order valence-corrected chi connectivity index (χ1v) is 4.11. The summed E-state index contributed by atoms with van der Waals surface area (Å²) in [4.78, 5) is 11.1. The molecule has 0 unspecified atom stereocenters. The normalized spacial score (nSPS) is 9.08. The first-order valence-electron chi connectivity index (χ1n) is 3.32. The number of halogens is 1. The molecule has 1 rings (SSSR count). The van der Waals surface area contributed by atoms with Gasteiger partial charge < -0.3 is 4.74 Å². The number of hydrogen-bond acceptors (Lipinski definition) is 2. The van der Waals surface area contributed by atoms with E-state index < -0.39 is 5.97 Å². The molecule has 62 valence electrons. The Morgan fingerprint density at radius 3 is 2.42 bits per heavy atom. The first-order chi connectivity index (χ1) is 5.70. The van der Waals surface area contributed by atoms with E-state index in [2.05, 4.69) is 22.5 Å². The van der Waals surface area contributed by atoms with Gasteiger partial charge in [-0.05, 0) is 34.6 Å². The molecule has 0 saturated carbocycles. The standard InChI is InChI=1S/C9H7BrO2/c1-7(10)12-9(11)8-5-3-2-4-6-8/h2-6H,1H2. The van der Waals surface area contributed by atoms with Crippen LogP contribution in [0.5, 0.6) is 0 Å². The van der Waals surface area contributed by atoms with Crippen molar-refractivity contribution in [2.45, 2.75) is 0 Å². The summed E-state index contributed by atoms with van der Waals surface area (Å²) in [6.45, 7) is 3.39. The van der Waals surface area contributed by atoms with Gasteiger partial charge in [0.25, 0.3) is 0 Å². The zero-order chi connectivity index (χ0) is 8.97. The van der Waals surface area contributed by atoms with Gasteiger partial charge in [-0.25, -0.2) is 4.79 Å². The van der Waals surface area contributed by atoms with Crippen LogP contribution in [0.3, 0.4) is 0 Å². The van der Waals surface area contributed by atoms with Crippen LogP contribution in [0.25, 0.3) is 0 Å². The van der Waals surface area contributed by atoms with Crippen LogP contribution in [-0.4, -0.2) is 5.97 Å². The quantitative estimate of drug-likeness (QED) is 0.573. The lowest BCUT2D eigenvalue weighted by atomic mass is 10.2. The SMILES string of the molecule is C=C(Br)OC(=O)c1ccccc1. The van der Waals surface area contributed by atoms with Crippen LogP contribution in [0.2, 0.25) is 0 Å². The Labute approximate surface area is 79.0 Å². The fourth-order valence-corrected chi connectivity index (χ4v) is 0.881. The summed E-state index contributed by atoms with van der Waals surface area (Å²) in [6, 6.07) is 8.73. The van der Waals surface area contributed by atoms with Gasteiger partial charge in [0, 0.05) is 0 Å². The second kappa shape index (κ2) is 4.07. The topological polar surface area (TPSA) is 26.3 Å². The van der Waals surface area contributed by atoms with Crippen LogP contribution >= 0.6 is 15.9 Å². The second-order valence-corrected chi connectivity index (χ2v) is 3.00. The predicted molar refractivity (Wildman–Crippen MR) is 49.9 cm³/mol. The molecule has 0 radical (unpaired) electrons. The van der Waals surface area contributed by atoms with Crippen molar-refractivity contribution < 1.29 is 9.53 Å². The number of carbonyl (C=O) groups excluding carboxylic acids is 1. The molecule has 1 aromatic rings. The van der Waals surface area contributed by atoms with Gasteiger partial charge >= 0.3 is 5.97 Å². The maximum absolute atomic E-state index is 11.1. The maximum atomic E-state index is 11.1. The molecule has 0 bridgehead atoms. The molecule has 2 nitrogen and oxygen atoms in total. The Bertz CT molecular complexity index is 293. The number of carbonyl (C=O) groups is 1. The van der Waals surface area contributed by atoms with Crippen molar-refractivity contribution in [3.05, 3.63) is 47.1 Å². The molecule has 0 aromatic heterocycles. The Morgan fingerprint density at radius 2 is 1.92 bits per heavy atom. The minimum atomic E-state index is -0.405. The summed E-state index contributed by atoms with van der Waals surface area (Å²) in [5.74, 6) is -0.405. The fraction of sp³-hybridized carbons (Fsp3) is 0. The summed E-state index contributed by atoms with van der Waals surface area (Å²) in [5, 5.41) is 0. The van der Waals surface area contributed by atoms with Crippen molar-refractivity contribution in [3.63, 3.8) is 0 Å². The van der Waals surface area contributed by atoms with Crippen molar-refractivity contribution in [2.24, 2.45) is 0 Å². The highest BCUT2D eigenvalue weighted by molar-refractivity contribution is 9.11. The third kappa shape index (κ3) is 2.51. The molecule has 0 N–H and O–H groups in total. The molecule has 0 aliphatic carbocycles. The van der Waals surface area contributed by atoms with Gasteiger partial charge in [0.1, 0.15) is 0 Å². The Balaban J connectivity index is 2.73. The molecule has 0 atom stereocenters. The van der Waals surface area contributed by atoms with Crippen molar-refractivity contribution in [3.8, 4) is 0 Å². The summed E-state index contributed by atoms with van der Waals surface area (Å²) in [5.41, 5.74) is 0.512. The zero-order valence-electron chi connectivity index (χ0n) is 6.29. The van der Waals surface area contributed by atoms with Crippen LogP contribution in [0.1, 0.15) is 10.4 Å². The Kier molecular flexibility index (Phi) is 3.05. The van der Waals surface area contributed by atoms with E-state index in [0.29, 0.717) is 5.56 Å². The van der Waals surface area contributed by atoms with Crippen molar-refractivity contribution in [1.82, 2.24) is 0 Å². The van der Waals surface area contributed by atoms with Crippen molar-refractivity contribution in [2.75, 3.05) is 0 Å². The highest BCUT2D eigenvalue weighted by atomic mass is 79.9. The zero-order valence-corrected chi connectivity index (χ0v) is 7.87. The predicted octanol–water partition coefficient (Wildman–Crippen LogP) is 2.71. The Morgan fingerprint density at radius 1 is 1.33 bits per heavy atom. The number of esters is 1. The molecule has 0 saturated heterocycles. The van der Waals surface area contributed by atoms with E-state index in [1.807, 2.05) is 6.07 Å². The molecule has 1 aromatic carbocycles. The van der Waals surface area contributed by atoms with Crippen molar-refractivity contribution >= 4 is 21.9 Å². The van der Waals surface area contributed by atoms with Crippen LogP contribution in [0.15, 0.2) is 41.6 Å². The molecule has 3 heteroatoms. The van der Waals surface area contributed by atoms with E-state index in [4.69, 9.17) is 4.74 Å². The molecule has 0 amide bonds. The molecule has 12 heavy (non-hydrogen) atoms. The van der Waals surface area contributed by atoms with E-state index in [9.17, 15) is 4.79 Å². The summed E-state index contributed by atoms with van der Waals surface area (Å²) >= 11 is 2.93. The van der Waals surface area contributed by atoms with Crippen LogP contribution in [-0.2, 0) is 4.74 Å². The fourth-order valence-electron chi connectivity index (χ4n) is 0.734. The molecular formula is C9H7BrO2. The Hall–Kier alpha value is -1.09. The molecule has 0 fully saturated rings. The van der Waals surface area contributed by atoms with E-state index in [1.165, 1.54) is 0 Å². The first kappa shape index (κ1) is 9.00. The van der Waals surface area contributed by atoms with E-state index in [1.54, 1.807) is 24.3 Å². The van der Waals surface area contributed by atoms with Gasteiger partial charge in [-0.2, -0.15) is 0 Å². The van der Waals surface area contributed by atoms with E-state index in [-0.39, 0.29) is 4.67 Å². The summed E-state index contributed by atoms with van der Waals surface area (Å²) in [7, 11) is 0. The largest absolute Gasteiger partial charge is 0.416 e. The minimum Gasteiger partial charge on any atom is -0.416 e. The smallest absolute Gasteiger partial charge is 0.344 e. The highest BCUT2D eigenvalue weighted by Gasteiger charge is 2.05. The van der Waals surface area contributed by atoms with Crippen LogP contribution in [0.4, 0.5) is 0 Å². The second-order valence-electron chi connectivity index (χ2n) is 2.11. The van der Waals surface area contributed by atoms with Crippen LogP contribution in [0, 0.1) is 0 Å². The summed E-state index contributed by atoms with van der Waals surface area (Å²) < 4.78 is 4.94. The van der Waals surface area contributed by atoms with Gasteiger partial charge in [0.2, 0.25) is 0 Å².